The number of carbonyl (C=O) groups is 1. The predicted molar refractivity (Wildman–Crippen MR) is 109 cm³/mol. The number of morpholine rings is 1. The van der Waals surface area contributed by atoms with E-state index < -0.39 is 0 Å². The molecular weight excluding hydrogens is 368 g/mol. The van der Waals surface area contributed by atoms with E-state index in [0.29, 0.717) is 31.9 Å². The Morgan fingerprint density at radius 2 is 1.79 bits per heavy atom. The highest BCUT2D eigenvalue weighted by Gasteiger charge is 2.29. The van der Waals surface area contributed by atoms with Crippen LogP contribution in [0.3, 0.4) is 0 Å². The Bertz CT molecular complexity index is 971. The average Bonchev–Trinajstić information content (AvgIpc) is 3.24. The summed E-state index contributed by atoms with van der Waals surface area (Å²) in [5.74, 6) is 1.85. The van der Waals surface area contributed by atoms with Gasteiger partial charge in [0.25, 0.3) is 5.91 Å². The number of hydrogen-bond acceptors (Lipinski definition) is 6. The summed E-state index contributed by atoms with van der Waals surface area (Å²) in [6.07, 6.45) is 3.46. The van der Waals surface area contributed by atoms with Crippen molar-refractivity contribution in [2.75, 3.05) is 44.3 Å². The lowest BCUT2D eigenvalue weighted by atomic mass is 9.96. The molecule has 150 valence electrons. The summed E-state index contributed by atoms with van der Waals surface area (Å²) in [5, 5.41) is 0. The summed E-state index contributed by atoms with van der Waals surface area (Å²) in [6.45, 7) is 4.24. The van der Waals surface area contributed by atoms with E-state index in [9.17, 15) is 4.79 Å². The van der Waals surface area contributed by atoms with Gasteiger partial charge in [0.1, 0.15) is 11.3 Å². The van der Waals surface area contributed by atoms with Crippen molar-refractivity contribution >= 4 is 22.8 Å². The minimum Gasteiger partial charge on any atom is -0.440 e. The number of para-hydroxylation sites is 2. The van der Waals surface area contributed by atoms with Gasteiger partial charge in [0.15, 0.2) is 11.5 Å². The third-order valence-electron chi connectivity index (χ3n) is 5.77. The van der Waals surface area contributed by atoms with Crippen molar-refractivity contribution in [3.8, 4) is 0 Å². The van der Waals surface area contributed by atoms with E-state index >= 15 is 0 Å². The van der Waals surface area contributed by atoms with Crippen LogP contribution in [0.1, 0.15) is 35.0 Å². The molecule has 2 aliphatic rings. The summed E-state index contributed by atoms with van der Waals surface area (Å²) in [7, 11) is 0. The highest BCUT2D eigenvalue weighted by Crippen LogP contribution is 2.31. The quantitative estimate of drug-likeness (QED) is 0.682. The van der Waals surface area contributed by atoms with Gasteiger partial charge in [-0.3, -0.25) is 4.79 Å². The molecule has 0 N–H and O–H groups in total. The Hall–Kier alpha value is -2.93. The number of anilines is 1. The van der Waals surface area contributed by atoms with E-state index in [1.165, 1.54) is 0 Å². The van der Waals surface area contributed by atoms with Crippen LogP contribution in [0.15, 0.2) is 47.0 Å². The van der Waals surface area contributed by atoms with E-state index in [2.05, 4.69) is 14.9 Å². The van der Waals surface area contributed by atoms with Crippen molar-refractivity contribution in [1.29, 1.82) is 0 Å². The number of oxazole rings is 1. The van der Waals surface area contributed by atoms with Gasteiger partial charge in [-0.15, -0.1) is 0 Å². The first-order valence-electron chi connectivity index (χ1n) is 10.2. The van der Waals surface area contributed by atoms with E-state index in [0.717, 1.165) is 48.7 Å². The Morgan fingerprint density at radius 1 is 1.00 bits per heavy atom. The third kappa shape index (κ3) is 3.58. The highest BCUT2D eigenvalue weighted by molar-refractivity contribution is 5.99. The number of carbonyl (C=O) groups excluding carboxylic acids is 1. The second-order valence-corrected chi connectivity index (χ2v) is 7.56. The largest absolute Gasteiger partial charge is 0.440 e. The zero-order valence-corrected chi connectivity index (χ0v) is 16.3. The SMILES string of the molecule is O=C(c1cccnc1N1CCOCC1)N1CCC(c2nc3ccccc3o2)CC1. The summed E-state index contributed by atoms with van der Waals surface area (Å²) in [4.78, 5) is 26.5. The molecule has 2 saturated heterocycles. The molecule has 0 unspecified atom stereocenters. The fourth-order valence-electron chi connectivity index (χ4n) is 4.16. The Balaban J connectivity index is 1.29. The summed E-state index contributed by atoms with van der Waals surface area (Å²) in [5.41, 5.74) is 2.40. The fraction of sp³-hybridized carbons (Fsp3) is 0.409. The van der Waals surface area contributed by atoms with E-state index in [1.54, 1.807) is 6.20 Å². The van der Waals surface area contributed by atoms with Crippen molar-refractivity contribution in [2.45, 2.75) is 18.8 Å². The van der Waals surface area contributed by atoms with Crippen LogP contribution in [0.25, 0.3) is 11.1 Å². The fourth-order valence-corrected chi connectivity index (χ4v) is 4.16. The van der Waals surface area contributed by atoms with Gasteiger partial charge in [-0.05, 0) is 37.1 Å². The molecule has 0 atom stereocenters. The number of piperidine rings is 1. The number of likely N-dealkylation sites (tertiary alicyclic amines) is 1. The number of nitrogens with zero attached hydrogens (tertiary/aromatic N) is 4. The molecule has 2 aromatic heterocycles. The van der Waals surface area contributed by atoms with E-state index in [4.69, 9.17) is 9.15 Å². The normalized spacial score (nSPS) is 18.3. The lowest BCUT2D eigenvalue weighted by molar-refractivity contribution is 0.0705. The van der Waals surface area contributed by atoms with Gasteiger partial charge in [-0.1, -0.05) is 12.1 Å². The monoisotopic (exact) mass is 392 g/mol. The van der Waals surface area contributed by atoms with E-state index in [1.807, 2.05) is 41.3 Å². The molecule has 0 radical (unpaired) electrons. The highest BCUT2D eigenvalue weighted by atomic mass is 16.5. The third-order valence-corrected chi connectivity index (χ3v) is 5.77. The number of aromatic nitrogens is 2. The van der Waals surface area contributed by atoms with Crippen LogP contribution < -0.4 is 4.90 Å². The van der Waals surface area contributed by atoms with Crippen molar-refractivity contribution < 1.29 is 13.9 Å². The summed E-state index contributed by atoms with van der Waals surface area (Å²) >= 11 is 0. The molecule has 2 fully saturated rings. The summed E-state index contributed by atoms with van der Waals surface area (Å²) < 4.78 is 11.4. The molecule has 29 heavy (non-hydrogen) atoms. The van der Waals surface area contributed by atoms with Crippen LogP contribution in [0.5, 0.6) is 0 Å². The minimum atomic E-state index is 0.0515. The van der Waals surface area contributed by atoms with Crippen molar-refractivity contribution in [2.24, 2.45) is 0 Å². The zero-order valence-electron chi connectivity index (χ0n) is 16.3. The van der Waals surface area contributed by atoms with Gasteiger partial charge in [-0.2, -0.15) is 0 Å². The van der Waals surface area contributed by atoms with Gasteiger partial charge in [0.05, 0.1) is 18.8 Å². The first kappa shape index (κ1) is 18.1. The topological polar surface area (TPSA) is 71.7 Å². The van der Waals surface area contributed by atoms with Crippen molar-refractivity contribution in [1.82, 2.24) is 14.9 Å². The number of rotatable bonds is 3. The first-order chi connectivity index (χ1) is 14.3. The lowest BCUT2D eigenvalue weighted by Gasteiger charge is -2.33. The van der Waals surface area contributed by atoms with Crippen molar-refractivity contribution in [3.05, 3.63) is 54.0 Å². The van der Waals surface area contributed by atoms with Gasteiger partial charge >= 0.3 is 0 Å². The molecule has 7 nitrogen and oxygen atoms in total. The van der Waals surface area contributed by atoms with Crippen LogP contribution in [0.4, 0.5) is 5.82 Å². The number of hydrogen-bond donors (Lipinski definition) is 0. The molecule has 1 aromatic carbocycles. The van der Waals surface area contributed by atoms with Gasteiger partial charge in [-0.25, -0.2) is 9.97 Å². The minimum absolute atomic E-state index is 0.0515. The molecule has 0 aliphatic carbocycles. The smallest absolute Gasteiger partial charge is 0.257 e. The Morgan fingerprint density at radius 3 is 2.59 bits per heavy atom. The van der Waals surface area contributed by atoms with Crippen LogP contribution in [-0.2, 0) is 4.74 Å². The second kappa shape index (κ2) is 7.83. The molecule has 4 heterocycles. The number of amides is 1. The van der Waals surface area contributed by atoms with Gasteiger partial charge in [0, 0.05) is 38.3 Å². The molecule has 2 aliphatic heterocycles. The lowest BCUT2D eigenvalue weighted by Crippen LogP contribution is -2.41. The molecule has 0 saturated carbocycles. The maximum atomic E-state index is 13.2. The predicted octanol–water partition coefficient (Wildman–Crippen LogP) is 3.08. The van der Waals surface area contributed by atoms with E-state index in [-0.39, 0.29) is 11.8 Å². The van der Waals surface area contributed by atoms with Gasteiger partial charge in [0.2, 0.25) is 0 Å². The Kier molecular flexibility index (Phi) is 4.89. The standard InChI is InChI=1S/C22H24N4O3/c27-22(17-4-3-9-23-20(17)25-12-14-28-15-13-25)26-10-7-16(8-11-26)21-24-18-5-1-2-6-19(18)29-21/h1-6,9,16H,7-8,10-15H2. The number of fused-ring (bicyclic) bond motifs is 1. The van der Waals surface area contributed by atoms with Crippen LogP contribution in [-0.4, -0.2) is 60.2 Å². The van der Waals surface area contributed by atoms with Crippen LogP contribution in [0, 0.1) is 0 Å². The molecule has 7 heteroatoms. The summed E-state index contributed by atoms with van der Waals surface area (Å²) in [6, 6.07) is 11.6. The molecular formula is C22H24N4O3. The van der Waals surface area contributed by atoms with Gasteiger partial charge < -0.3 is 19.0 Å². The maximum Gasteiger partial charge on any atom is 0.257 e. The average molecular weight is 392 g/mol. The number of pyridine rings is 1. The first-order valence-corrected chi connectivity index (χ1v) is 10.2. The molecule has 5 rings (SSSR count). The Labute approximate surface area is 169 Å². The molecule has 1 amide bonds. The number of ether oxygens (including phenoxy) is 1. The number of benzene rings is 1. The van der Waals surface area contributed by atoms with Crippen LogP contribution >= 0.6 is 0 Å². The molecule has 0 spiro atoms. The van der Waals surface area contributed by atoms with Crippen molar-refractivity contribution in [3.63, 3.8) is 0 Å². The second-order valence-electron chi connectivity index (χ2n) is 7.56. The zero-order chi connectivity index (χ0) is 19.6. The van der Waals surface area contributed by atoms with Crippen LogP contribution in [0.2, 0.25) is 0 Å². The molecule has 3 aromatic rings. The maximum absolute atomic E-state index is 13.2. The molecule has 0 bridgehead atoms.